The Morgan fingerprint density at radius 1 is 1.20 bits per heavy atom. The van der Waals surface area contributed by atoms with Crippen LogP contribution in [0.1, 0.15) is 24.8 Å². The minimum atomic E-state index is -4.37. The van der Waals surface area contributed by atoms with Gasteiger partial charge in [0.25, 0.3) is 0 Å². The van der Waals surface area contributed by atoms with Crippen LogP contribution in [0.4, 0.5) is 19.0 Å². The summed E-state index contributed by atoms with van der Waals surface area (Å²) in [6.45, 7) is 4.01. The Balaban J connectivity index is 1.49. The fourth-order valence-corrected chi connectivity index (χ4v) is 2.94. The first kappa shape index (κ1) is 18.0. The second kappa shape index (κ2) is 7.59. The molecule has 1 amide bonds. The number of rotatable bonds is 5. The largest absolute Gasteiger partial charge is 0.417 e. The molecule has 138 valence electrons. The molecule has 0 spiro atoms. The second-order valence-electron chi connectivity index (χ2n) is 6.77. The molecule has 3 rings (SSSR count). The highest BCUT2D eigenvalue weighted by Gasteiger charge is 2.31. The van der Waals surface area contributed by atoms with E-state index in [-0.39, 0.29) is 5.91 Å². The molecular formula is C17H23F3N4O. The summed E-state index contributed by atoms with van der Waals surface area (Å²) in [5.41, 5.74) is -0.736. The molecule has 8 heteroatoms. The van der Waals surface area contributed by atoms with Crippen LogP contribution in [0.2, 0.25) is 0 Å². The first-order valence-electron chi connectivity index (χ1n) is 8.69. The molecule has 1 aliphatic heterocycles. The van der Waals surface area contributed by atoms with Gasteiger partial charge in [0, 0.05) is 38.9 Å². The average molecular weight is 356 g/mol. The van der Waals surface area contributed by atoms with Crippen molar-refractivity contribution in [3.63, 3.8) is 0 Å². The van der Waals surface area contributed by atoms with E-state index in [2.05, 4.69) is 15.2 Å². The van der Waals surface area contributed by atoms with E-state index in [1.807, 2.05) is 4.90 Å². The SMILES string of the molecule is O=C(CN1CCCN(c2ccc(C(F)(F)F)cn2)CC1)NCC1CC1. The van der Waals surface area contributed by atoms with E-state index in [4.69, 9.17) is 0 Å². The molecule has 1 N–H and O–H groups in total. The predicted octanol–water partition coefficient (Wildman–Crippen LogP) is 2.14. The number of aromatic nitrogens is 1. The standard InChI is InChI=1S/C17H23F3N4O/c18-17(19,20)14-4-5-15(21-11-14)24-7-1-6-23(8-9-24)12-16(25)22-10-13-2-3-13/h4-5,11,13H,1-3,6-10,12H2,(H,22,25). The van der Waals surface area contributed by atoms with Crippen molar-refractivity contribution < 1.29 is 18.0 Å². The van der Waals surface area contributed by atoms with Crippen LogP contribution in [-0.2, 0) is 11.0 Å². The van der Waals surface area contributed by atoms with Crippen molar-refractivity contribution >= 4 is 11.7 Å². The van der Waals surface area contributed by atoms with E-state index in [0.29, 0.717) is 31.4 Å². The van der Waals surface area contributed by atoms with Gasteiger partial charge in [-0.25, -0.2) is 4.98 Å². The molecule has 5 nitrogen and oxygen atoms in total. The van der Waals surface area contributed by atoms with E-state index >= 15 is 0 Å². The molecule has 1 saturated heterocycles. The zero-order valence-corrected chi connectivity index (χ0v) is 14.1. The Kier molecular flexibility index (Phi) is 5.46. The number of nitrogens with zero attached hydrogens (tertiary/aromatic N) is 3. The molecule has 0 aromatic carbocycles. The Bertz CT molecular complexity index is 587. The summed E-state index contributed by atoms with van der Waals surface area (Å²) in [5.74, 6) is 1.26. The summed E-state index contributed by atoms with van der Waals surface area (Å²) in [7, 11) is 0. The number of halogens is 3. The normalized spacial score (nSPS) is 19.6. The summed E-state index contributed by atoms with van der Waals surface area (Å²) in [5, 5.41) is 2.96. The summed E-state index contributed by atoms with van der Waals surface area (Å²) >= 11 is 0. The third-order valence-electron chi connectivity index (χ3n) is 4.64. The van der Waals surface area contributed by atoms with Crippen LogP contribution in [0.5, 0.6) is 0 Å². The molecule has 25 heavy (non-hydrogen) atoms. The number of amides is 1. The number of carbonyl (C=O) groups is 1. The van der Waals surface area contributed by atoms with Gasteiger partial charge in [-0.15, -0.1) is 0 Å². The lowest BCUT2D eigenvalue weighted by Gasteiger charge is -2.22. The molecule has 1 aliphatic carbocycles. The highest BCUT2D eigenvalue weighted by Crippen LogP contribution is 2.29. The number of anilines is 1. The third-order valence-corrected chi connectivity index (χ3v) is 4.64. The average Bonchev–Trinajstić information content (AvgIpc) is 3.40. The van der Waals surface area contributed by atoms with Gasteiger partial charge in [0.2, 0.25) is 5.91 Å². The fraction of sp³-hybridized carbons (Fsp3) is 0.647. The van der Waals surface area contributed by atoms with E-state index in [1.54, 1.807) is 0 Å². The fourth-order valence-electron chi connectivity index (χ4n) is 2.94. The molecule has 0 bridgehead atoms. The molecule has 2 fully saturated rings. The first-order chi connectivity index (χ1) is 11.9. The molecule has 0 radical (unpaired) electrons. The number of alkyl halides is 3. The van der Waals surface area contributed by atoms with Crippen molar-refractivity contribution in [2.45, 2.75) is 25.4 Å². The lowest BCUT2D eigenvalue weighted by Crippen LogP contribution is -2.39. The van der Waals surface area contributed by atoms with Crippen molar-refractivity contribution in [2.24, 2.45) is 5.92 Å². The predicted molar refractivity (Wildman–Crippen MR) is 88.2 cm³/mol. The van der Waals surface area contributed by atoms with Gasteiger partial charge in [-0.1, -0.05) is 0 Å². The van der Waals surface area contributed by atoms with E-state index in [9.17, 15) is 18.0 Å². The Morgan fingerprint density at radius 3 is 2.64 bits per heavy atom. The molecular weight excluding hydrogens is 333 g/mol. The number of hydrogen-bond donors (Lipinski definition) is 1. The van der Waals surface area contributed by atoms with Gasteiger partial charge < -0.3 is 10.2 Å². The van der Waals surface area contributed by atoms with Crippen LogP contribution in [0.25, 0.3) is 0 Å². The zero-order valence-electron chi connectivity index (χ0n) is 14.1. The second-order valence-corrected chi connectivity index (χ2v) is 6.77. The molecule has 2 aliphatic rings. The molecule has 1 saturated carbocycles. The summed E-state index contributed by atoms with van der Waals surface area (Å²) in [6, 6.07) is 2.48. The third kappa shape index (κ3) is 5.32. The smallest absolute Gasteiger partial charge is 0.355 e. The monoisotopic (exact) mass is 356 g/mol. The van der Waals surface area contributed by atoms with Gasteiger partial charge in [-0.05, 0) is 37.3 Å². The maximum absolute atomic E-state index is 12.6. The Hall–Kier alpha value is -1.83. The van der Waals surface area contributed by atoms with Gasteiger partial charge in [0.05, 0.1) is 12.1 Å². The van der Waals surface area contributed by atoms with E-state index in [0.717, 1.165) is 38.3 Å². The maximum Gasteiger partial charge on any atom is 0.417 e. The number of hydrogen-bond acceptors (Lipinski definition) is 4. The quantitative estimate of drug-likeness (QED) is 0.878. The van der Waals surface area contributed by atoms with E-state index < -0.39 is 11.7 Å². The summed E-state index contributed by atoms with van der Waals surface area (Å²) < 4.78 is 37.9. The number of carbonyl (C=O) groups excluding carboxylic acids is 1. The summed E-state index contributed by atoms with van der Waals surface area (Å²) in [4.78, 5) is 20.0. The van der Waals surface area contributed by atoms with Crippen molar-refractivity contribution in [2.75, 3.05) is 44.2 Å². The number of nitrogens with one attached hydrogen (secondary N) is 1. The van der Waals surface area contributed by atoms with E-state index in [1.165, 1.54) is 18.9 Å². The highest BCUT2D eigenvalue weighted by atomic mass is 19.4. The van der Waals surface area contributed by atoms with Gasteiger partial charge in [-0.2, -0.15) is 13.2 Å². The Morgan fingerprint density at radius 2 is 2.00 bits per heavy atom. The van der Waals surface area contributed by atoms with Gasteiger partial charge in [0.1, 0.15) is 5.82 Å². The molecule has 2 heterocycles. The lowest BCUT2D eigenvalue weighted by molar-refractivity contribution is -0.137. The molecule has 1 aromatic rings. The number of pyridine rings is 1. The maximum atomic E-state index is 12.6. The summed E-state index contributed by atoms with van der Waals surface area (Å²) in [6.07, 6.45) is -0.227. The zero-order chi connectivity index (χ0) is 17.9. The Labute approximate surface area is 145 Å². The van der Waals surface area contributed by atoms with Crippen LogP contribution in [-0.4, -0.2) is 55.1 Å². The minimum absolute atomic E-state index is 0.0491. The van der Waals surface area contributed by atoms with Crippen molar-refractivity contribution in [3.05, 3.63) is 23.9 Å². The molecule has 0 unspecified atom stereocenters. The van der Waals surface area contributed by atoms with Crippen LogP contribution in [0.3, 0.4) is 0 Å². The van der Waals surface area contributed by atoms with Crippen LogP contribution in [0, 0.1) is 5.92 Å². The van der Waals surface area contributed by atoms with Gasteiger partial charge >= 0.3 is 6.18 Å². The lowest BCUT2D eigenvalue weighted by atomic mass is 10.2. The van der Waals surface area contributed by atoms with Crippen molar-refractivity contribution in [1.82, 2.24) is 15.2 Å². The van der Waals surface area contributed by atoms with Gasteiger partial charge in [-0.3, -0.25) is 9.69 Å². The molecule has 0 atom stereocenters. The highest BCUT2D eigenvalue weighted by molar-refractivity contribution is 5.78. The topological polar surface area (TPSA) is 48.5 Å². The van der Waals surface area contributed by atoms with Crippen LogP contribution < -0.4 is 10.2 Å². The van der Waals surface area contributed by atoms with Crippen LogP contribution >= 0.6 is 0 Å². The van der Waals surface area contributed by atoms with Crippen molar-refractivity contribution in [3.8, 4) is 0 Å². The van der Waals surface area contributed by atoms with Gasteiger partial charge in [0.15, 0.2) is 0 Å². The van der Waals surface area contributed by atoms with Crippen molar-refractivity contribution in [1.29, 1.82) is 0 Å². The molecule has 1 aromatic heterocycles. The first-order valence-corrected chi connectivity index (χ1v) is 8.69. The minimum Gasteiger partial charge on any atom is -0.355 e. The van der Waals surface area contributed by atoms with Crippen LogP contribution in [0.15, 0.2) is 18.3 Å².